The highest BCUT2D eigenvalue weighted by Crippen LogP contribution is 2.34. The molecule has 218 valence electrons. The molecule has 2 aromatic rings. The van der Waals surface area contributed by atoms with E-state index in [-0.39, 0.29) is 42.8 Å². The lowest BCUT2D eigenvalue weighted by molar-refractivity contribution is -0.158. The van der Waals surface area contributed by atoms with Crippen LogP contribution < -0.4 is 5.73 Å². The van der Waals surface area contributed by atoms with Crippen molar-refractivity contribution in [2.75, 3.05) is 25.5 Å². The number of carbonyl (C=O) groups is 1. The van der Waals surface area contributed by atoms with Crippen LogP contribution in [-0.2, 0) is 40.3 Å². The second kappa shape index (κ2) is 13.0. The summed E-state index contributed by atoms with van der Waals surface area (Å²) in [6.45, 7) is 0.495. The molecule has 3 aliphatic rings. The normalized spacial score (nSPS) is 24.7. The lowest BCUT2D eigenvalue weighted by Gasteiger charge is -2.30. The Morgan fingerprint density at radius 1 is 1.07 bits per heavy atom. The van der Waals surface area contributed by atoms with Crippen molar-refractivity contribution in [3.05, 3.63) is 60.2 Å². The number of aliphatic hydroxyl groups excluding tert-OH is 1. The summed E-state index contributed by atoms with van der Waals surface area (Å²) in [7, 11) is -4.14. The topological polar surface area (TPSA) is 138 Å². The molecular weight excluding hydrogens is 536 g/mol. The number of hydrogen-bond acceptors (Lipinski definition) is 9. The molecule has 40 heavy (non-hydrogen) atoms. The number of hydrogen-bond donors (Lipinski definition) is 2. The van der Waals surface area contributed by atoms with Crippen LogP contribution in [-0.4, -0.2) is 68.3 Å². The summed E-state index contributed by atoms with van der Waals surface area (Å²) in [5.74, 6) is -1.10. The molecule has 0 radical (unpaired) electrons. The Kier molecular flexibility index (Phi) is 9.39. The Morgan fingerprint density at radius 2 is 1.85 bits per heavy atom. The molecule has 1 aliphatic carbocycles. The average molecular weight is 575 g/mol. The summed E-state index contributed by atoms with van der Waals surface area (Å²) < 4.78 is 45.1. The Morgan fingerprint density at radius 3 is 2.60 bits per heavy atom. The number of nitrogen functional groups attached to an aromatic ring is 1. The molecule has 1 saturated carbocycles. The highest BCUT2D eigenvalue weighted by atomic mass is 32.2. The van der Waals surface area contributed by atoms with Gasteiger partial charge >= 0.3 is 5.97 Å². The van der Waals surface area contributed by atoms with Crippen LogP contribution in [0.15, 0.2) is 59.5 Å². The molecule has 0 unspecified atom stereocenters. The third kappa shape index (κ3) is 7.02. The van der Waals surface area contributed by atoms with Crippen LogP contribution in [0.2, 0.25) is 0 Å². The van der Waals surface area contributed by atoms with Gasteiger partial charge in [-0.25, -0.2) is 8.42 Å². The third-order valence-electron chi connectivity index (χ3n) is 7.91. The molecule has 0 bridgehead atoms. The first-order valence-corrected chi connectivity index (χ1v) is 15.4. The lowest BCUT2D eigenvalue weighted by Crippen LogP contribution is -2.43. The maximum atomic E-state index is 13.7. The van der Waals surface area contributed by atoms with Gasteiger partial charge in [-0.1, -0.05) is 53.7 Å². The number of carbonyl (C=O) groups excluding carboxylic acids is 1. The fraction of sp³-hybridized carbons (Fsp3) is 0.552. The number of aliphatic hydroxyl groups is 1. The zero-order valence-corrected chi connectivity index (χ0v) is 23.3. The molecule has 2 heterocycles. The van der Waals surface area contributed by atoms with E-state index >= 15 is 0 Å². The number of sulfonamides is 1. The maximum Gasteiger partial charge on any atom is 0.306 e. The van der Waals surface area contributed by atoms with Crippen LogP contribution >= 0.6 is 0 Å². The van der Waals surface area contributed by atoms with Gasteiger partial charge in [0.15, 0.2) is 6.29 Å². The fourth-order valence-electron chi connectivity index (χ4n) is 5.69. The van der Waals surface area contributed by atoms with Crippen LogP contribution in [0.1, 0.15) is 44.1 Å². The van der Waals surface area contributed by atoms with Crippen LogP contribution in [0, 0.1) is 11.8 Å². The van der Waals surface area contributed by atoms with Gasteiger partial charge in [0.25, 0.3) is 10.0 Å². The van der Waals surface area contributed by atoms with Gasteiger partial charge in [0.2, 0.25) is 0 Å². The molecule has 5 rings (SSSR count). The van der Waals surface area contributed by atoms with Crippen molar-refractivity contribution >= 4 is 21.7 Å². The summed E-state index contributed by atoms with van der Waals surface area (Å²) in [5.41, 5.74) is 7.08. The van der Waals surface area contributed by atoms with Gasteiger partial charge in [-0.2, -0.15) is 0 Å². The van der Waals surface area contributed by atoms with Gasteiger partial charge < -0.3 is 25.1 Å². The number of nitrogens with zero attached hydrogens (tertiary/aromatic N) is 1. The van der Waals surface area contributed by atoms with E-state index in [4.69, 9.17) is 24.8 Å². The Balaban J connectivity index is 1.34. The number of nitrogens with two attached hydrogens (primary N) is 1. The Bertz CT molecular complexity index is 1240. The molecule has 0 amide bonds. The van der Waals surface area contributed by atoms with Crippen LogP contribution in [0.5, 0.6) is 0 Å². The van der Waals surface area contributed by atoms with Crippen molar-refractivity contribution < 1.29 is 37.4 Å². The summed E-state index contributed by atoms with van der Waals surface area (Å²) in [6, 6.07) is 15.5. The standard InChI is InChI=1S/C29H38N2O8S/c30-22-9-6-12-24(17-22)40(34,35)31(39-23-10-4-5-11-23)18-26(32)21(15-20-7-2-1-3-8-20)16-28(33)38-27-19-37-29-25(27)13-14-36-29/h1-3,6-9,12,17,21,23,25-27,29,32H,4-5,10-11,13-16,18-19,30H2/t21-,25+,26-,27+,29-/m1/s1. The zero-order valence-electron chi connectivity index (χ0n) is 22.5. The van der Waals surface area contributed by atoms with E-state index in [0.717, 1.165) is 42.1 Å². The summed E-state index contributed by atoms with van der Waals surface area (Å²) >= 11 is 0. The molecule has 5 atom stereocenters. The van der Waals surface area contributed by atoms with Gasteiger partial charge in [-0.15, -0.1) is 0 Å². The van der Waals surface area contributed by atoms with Crippen molar-refractivity contribution in [3.8, 4) is 0 Å². The summed E-state index contributed by atoms with van der Waals surface area (Å²) in [5, 5.41) is 11.5. The maximum absolute atomic E-state index is 13.7. The molecule has 10 nitrogen and oxygen atoms in total. The third-order valence-corrected chi connectivity index (χ3v) is 9.53. The Hall–Kier alpha value is -2.54. The van der Waals surface area contributed by atoms with E-state index < -0.39 is 34.1 Å². The second-order valence-electron chi connectivity index (χ2n) is 10.8. The predicted molar refractivity (Wildman–Crippen MR) is 146 cm³/mol. The minimum Gasteiger partial charge on any atom is -0.459 e. The number of hydroxylamine groups is 1. The zero-order chi connectivity index (χ0) is 28.1. The molecular formula is C29H38N2O8S. The van der Waals surface area contributed by atoms with Crippen molar-refractivity contribution in [2.24, 2.45) is 11.8 Å². The largest absolute Gasteiger partial charge is 0.459 e. The first kappa shape index (κ1) is 29.0. The Labute approximate surface area is 235 Å². The molecule has 3 N–H and O–H groups in total. The SMILES string of the molecule is Nc1cccc(S(=O)(=O)N(C[C@@H](O)[C@@H](CC(=O)O[C@H]2CO[C@H]3OCC[C@H]32)Cc2ccccc2)OC2CCCC2)c1. The molecule has 3 fully saturated rings. The van der Waals surface area contributed by atoms with Crippen molar-refractivity contribution in [2.45, 2.75) is 74.4 Å². The molecule has 2 aromatic carbocycles. The highest BCUT2D eigenvalue weighted by molar-refractivity contribution is 7.89. The van der Waals surface area contributed by atoms with E-state index in [1.165, 1.54) is 12.1 Å². The van der Waals surface area contributed by atoms with Crippen molar-refractivity contribution in [1.82, 2.24) is 4.47 Å². The van der Waals surface area contributed by atoms with Gasteiger partial charge in [-0.05, 0) is 49.4 Å². The van der Waals surface area contributed by atoms with E-state index in [1.54, 1.807) is 12.1 Å². The van der Waals surface area contributed by atoms with Gasteiger partial charge in [0, 0.05) is 11.6 Å². The lowest BCUT2D eigenvalue weighted by atomic mass is 9.91. The highest BCUT2D eigenvalue weighted by Gasteiger charge is 2.44. The first-order chi connectivity index (χ1) is 19.3. The second-order valence-corrected chi connectivity index (χ2v) is 12.7. The van der Waals surface area contributed by atoms with Gasteiger partial charge in [0.05, 0.1) is 49.2 Å². The van der Waals surface area contributed by atoms with Gasteiger partial charge in [-0.3, -0.25) is 9.63 Å². The first-order valence-electron chi connectivity index (χ1n) is 14.0. The van der Waals surface area contributed by atoms with E-state index in [2.05, 4.69) is 0 Å². The number of rotatable bonds is 12. The monoisotopic (exact) mass is 574 g/mol. The molecule has 0 spiro atoms. The minimum absolute atomic E-state index is 0.000187. The number of fused-ring (bicyclic) bond motifs is 1. The van der Waals surface area contributed by atoms with E-state index in [9.17, 15) is 18.3 Å². The van der Waals surface area contributed by atoms with E-state index in [1.807, 2.05) is 30.3 Å². The molecule has 0 aromatic heterocycles. The van der Waals surface area contributed by atoms with Crippen molar-refractivity contribution in [1.29, 1.82) is 0 Å². The van der Waals surface area contributed by atoms with Crippen molar-refractivity contribution in [3.63, 3.8) is 0 Å². The number of ether oxygens (including phenoxy) is 3. The van der Waals surface area contributed by atoms with Crippen LogP contribution in [0.25, 0.3) is 0 Å². The smallest absolute Gasteiger partial charge is 0.306 e. The number of esters is 1. The molecule has 2 aliphatic heterocycles. The summed E-state index contributed by atoms with van der Waals surface area (Å²) in [6.07, 6.45) is 2.12. The fourth-order valence-corrected chi connectivity index (χ4v) is 7.05. The van der Waals surface area contributed by atoms with Gasteiger partial charge in [0.1, 0.15) is 6.10 Å². The van der Waals surface area contributed by atoms with E-state index in [0.29, 0.717) is 18.7 Å². The molecule has 2 saturated heterocycles. The quantitative estimate of drug-likeness (QED) is 0.223. The number of anilines is 1. The number of benzene rings is 2. The summed E-state index contributed by atoms with van der Waals surface area (Å²) in [4.78, 5) is 19.1. The van der Waals surface area contributed by atoms with Crippen LogP contribution in [0.4, 0.5) is 5.69 Å². The minimum atomic E-state index is -4.14. The molecule has 11 heteroatoms. The average Bonchev–Trinajstić information content (AvgIpc) is 3.69. The van der Waals surface area contributed by atoms with Crippen LogP contribution in [0.3, 0.4) is 0 Å². The predicted octanol–water partition coefficient (Wildman–Crippen LogP) is 3.05.